The number of likely N-dealkylation sites (N-methyl/N-ethyl adjacent to an activating group) is 1. The fourth-order valence-corrected chi connectivity index (χ4v) is 2.52. The van der Waals surface area contributed by atoms with Gasteiger partial charge in [0.15, 0.2) is 0 Å². The molecule has 0 aliphatic carbocycles. The molecule has 1 aliphatic rings. The quantitative estimate of drug-likeness (QED) is 0.672. The Balaban J connectivity index is 1.66. The largest absolute Gasteiger partial charge is 0.665 e. The summed E-state index contributed by atoms with van der Waals surface area (Å²) >= 11 is 0. The first-order valence-corrected chi connectivity index (χ1v) is 7.38. The Labute approximate surface area is 116 Å². The van der Waals surface area contributed by atoms with Crippen molar-refractivity contribution < 1.29 is 4.74 Å². The monoisotopic (exact) mass is 261 g/mol. The second-order valence-corrected chi connectivity index (χ2v) is 5.19. The van der Waals surface area contributed by atoms with Gasteiger partial charge in [0.2, 0.25) is 0 Å². The van der Waals surface area contributed by atoms with Gasteiger partial charge in [0.25, 0.3) is 0 Å². The summed E-state index contributed by atoms with van der Waals surface area (Å²) in [5.74, 6) is 0.995. The van der Waals surface area contributed by atoms with E-state index in [-0.39, 0.29) is 0 Å². The molecule has 1 saturated heterocycles. The van der Waals surface area contributed by atoms with Gasteiger partial charge in [0.05, 0.1) is 6.61 Å². The van der Waals surface area contributed by atoms with Gasteiger partial charge in [-0.15, -0.1) is 6.54 Å². The van der Waals surface area contributed by atoms with E-state index in [4.69, 9.17) is 4.74 Å². The molecule has 0 N–H and O–H groups in total. The van der Waals surface area contributed by atoms with E-state index < -0.39 is 0 Å². The summed E-state index contributed by atoms with van der Waals surface area (Å²) in [6.07, 6.45) is 4.85. The van der Waals surface area contributed by atoms with Gasteiger partial charge in [-0.25, -0.2) is 0 Å². The highest BCUT2D eigenvalue weighted by molar-refractivity contribution is 5.28. The zero-order valence-electron chi connectivity index (χ0n) is 12.0. The molecule has 3 heteroatoms. The van der Waals surface area contributed by atoms with Crippen molar-refractivity contribution in [1.29, 1.82) is 0 Å². The Morgan fingerprint density at radius 3 is 2.89 bits per heavy atom. The minimum absolute atomic E-state index is 0.818. The van der Waals surface area contributed by atoms with Crippen LogP contribution in [0.4, 0.5) is 0 Å². The number of rotatable bonds is 8. The Kier molecular flexibility index (Phi) is 6.18. The summed E-state index contributed by atoms with van der Waals surface area (Å²) in [4.78, 5) is 2.53. The molecule has 106 valence electrons. The van der Waals surface area contributed by atoms with Gasteiger partial charge in [0.1, 0.15) is 5.75 Å². The molecule has 2 rings (SSSR count). The molecule has 0 unspecified atom stereocenters. The van der Waals surface area contributed by atoms with Crippen molar-refractivity contribution in [2.24, 2.45) is 0 Å². The summed E-state index contributed by atoms with van der Waals surface area (Å²) in [7, 11) is 1.86. The number of nitrogens with zero attached hydrogens (tertiary/aromatic N) is 2. The highest BCUT2D eigenvalue weighted by Crippen LogP contribution is 2.15. The van der Waals surface area contributed by atoms with Crippen molar-refractivity contribution in [1.82, 2.24) is 4.90 Å². The Morgan fingerprint density at radius 2 is 2.11 bits per heavy atom. The molecule has 0 saturated carbocycles. The van der Waals surface area contributed by atoms with Crippen LogP contribution in [-0.4, -0.2) is 44.7 Å². The van der Waals surface area contributed by atoms with Gasteiger partial charge >= 0.3 is 0 Å². The molecule has 0 bridgehead atoms. The summed E-state index contributed by atoms with van der Waals surface area (Å²) in [6.45, 7) is 5.43. The van der Waals surface area contributed by atoms with Gasteiger partial charge in [-0.3, -0.25) is 0 Å². The van der Waals surface area contributed by atoms with E-state index in [0.717, 1.165) is 31.7 Å². The van der Waals surface area contributed by atoms with Crippen molar-refractivity contribution in [3.05, 3.63) is 35.1 Å². The van der Waals surface area contributed by atoms with Crippen LogP contribution in [-0.2, 0) is 6.42 Å². The number of hydrogen-bond donors (Lipinski definition) is 0. The lowest BCUT2D eigenvalue weighted by atomic mass is 10.1. The number of benzene rings is 1. The van der Waals surface area contributed by atoms with E-state index in [1.807, 2.05) is 13.1 Å². The third-order valence-corrected chi connectivity index (χ3v) is 3.61. The second kappa shape index (κ2) is 8.18. The zero-order valence-corrected chi connectivity index (χ0v) is 12.0. The summed E-state index contributed by atoms with van der Waals surface area (Å²) in [6, 6.07) is 8.40. The minimum Gasteiger partial charge on any atom is -0.665 e. The predicted octanol–water partition coefficient (Wildman–Crippen LogP) is 3.10. The van der Waals surface area contributed by atoms with Gasteiger partial charge in [-0.1, -0.05) is 12.1 Å². The molecule has 1 heterocycles. The molecule has 0 radical (unpaired) electrons. The smallest absolute Gasteiger partial charge is 0.119 e. The maximum atomic E-state index is 5.83. The minimum atomic E-state index is 0.818. The van der Waals surface area contributed by atoms with E-state index in [1.54, 1.807) is 0 Å². The molecule has 0 atom stereocenters. The van der Waals surface area contributed by atoms with E-state index >= 15 is 0 Å². The van der Waals surface area contributed by atoms with Gasteiger partial charge in [-0.05, 0) is 56.5 Å². The van der Waals surface area contributed by atoms with Crippen LogP contribution in [0, 0.1) is 0 Å². The van der Waals surface area contributed by atoms with E-state index in [2.05, 4.69) is 28.4 Å². The molecule has 1 aliphatic heterocycles. The molecule has 0 spiro atoms. The third-order valence-electron chi connectivity index (χ3n) is 3.61. The topological polar surface area (TPSA) is 26.6 Å². The average Bonchev–Trinajstić information content (AvgIpc) is 2.95. The van der Waals surface area contributed by atoms with Crippen LogP contribution in [0.15, 0.2) is 24.3 Å². The first-order chi connectivity index (χ1) is 9.38. The van der Waals surface area contributed by atoms with E-state index in [1.165, 1.54) is 38.0 Å². The lowest BCUT2D eigenvalue weighted by molar-refractivity contribution is 0.263. The van der Waals surface area contributed by atoms with Gasteiger partial charge in [-0.2, -0.15) is 7.05 Å². The van der Waals surface area contributed by atoms with Crippen LogP contribution in [0.1, 0.15) is 24.8 Å². The molecule has 1 fully saturated rings. The van der Waals surface area contributed by atoms with Crippen LogP contribution in [0.3, 0.4) is 0 Å². The van der Waals surface area contributed by atoms with Gasteiger partial charge < -0.3 is 15.0 Å². The maximum Gasteiger partial charge on any atom is 0.119 e. The lowest BCUT2D eigenvalue weighted by Crippen LogP contribution is -2.21. The first-order valence-electron chi connectivity index (χ1n) is 7.38. The molecule has 1 aromatic rings. The first kappa shape index (κ1) is 14.4. The van der Waals surface area contributed by atoms with Crippen molar-refractivity contribution >= 4 is 0 Å². The predicted molar refractivity (Wildman–Crippen MR) is 80.1 cm³/mol. The Hall–Kier alpha value is -1.06. The van der Waals surface area contributed by atoms with Crippen molar-refractivity contribution in [3.63, 3.8) is 0 Å². The lowest BCUT2D eigenvalue weighted by Gasteiger charge is -2.15. The third kappa shape index (κ3) is 5.21. The Bertz CT molecular complexity index is 362. The van der Waals surface area contributed by atoms with Crippen molar-refractivity contribution in [2.45, 2.75) is 25.7 Å². The molecule has 1 aromatic carbocycles. The van der Waals surface area contributed by atoms with Crippen molar-refractivity contribution in [3.8, 4) is 5.75 Å². The average molecular weight is 261 g/mol. The number of hydrogen-bond acceptors (Lipinski definition) is 2. The normalized spacial score (nSPS) is 15.8. The number of ether oxygens (including phenoxy) is 1. The second-order valence-electron chi connectivity index (χ2n) is 5.19. The van der Waals surface area contributed by atoms with Crippen molar-refractivity contribution in [2.75, 3.05) is 39.8 Å². The highest BCUT2D eigenvalue weighted by atomic mass is 16.5. The standard InChI is InChI=1S/C16H25N2O/c1-17-9-8-15-6-4-7-16(14-15)19-13-5-12-18-10-2-3-11-18/h4,6-7,14H,2-3,5,8-13H2,1H3/q-1. The molecule has 19 heavy (non-hydrogen) atoms. The van der Waals surface area contributed by atoms with Crippen LogP contribution in [0.5, 0.6) is 5.75 Å². The summed E-state index contributed by atoms with van der Waals surface area (Å²) in [5, 5.41) is 4.13. The molecule has 0 amide bonds. The van der Waals surface area contributed by atoms with Crippen LogP contribution >= 0.6 is 0 Å². The SMILES string of the molecule is C[N-]CCc1cccc(OCCCN2CCCC2)c1. The zero-order chi connectivity index (χ0) is 13.3. The van der Waals surface area contributed by atoms with Crippen LogP contribution in [0.2, 0.25) is 0 Å². The molecular formula is C16H25N2O-. The molecule has 0 aromatic heterocycles. The van der Waals surface area contributed by atoms with E-state index in [9.17, 15) is 0 Å². The number of likely N-dealkylation sites (tertiary alicyclic amines) is 1. The van der Waals surface area contributed by atoms with Crippen LogP contribution < -0.4 is 4.74 Å². The highest BCUT2D eigenvalue weighted by Gasteiger charge is 2.10. The summed E-state index contributed by atoms with van der Waals surface area (Å²) < 4.78 is 5.83. The fourth-order valence-electron chi connectivity index (χ4n) is 2.52. The summed E-state index contributed by atoms with van der Waals surface area (Å²) in [5.41, 5.74) is 1.31. The van der Waals surface area contributed by atoms with E-state index in [0.29, 0.717) is 0 Å². The fraction of sp³-hybridized carbons (Fsp3) is 0.625. The molecular weight excluding hydrogens is 236 g/mol. The van der Waals surface area contributed by atoms with Gasteiger partial charge in [0, 0.05) is 6.54 Å². The maximum absolute atomic E-state index is 5.83. The molecule has 3 nitrogen and oxygen atoms in total. The Morgan fingerprint density at radius 1 is 1.26 bits per heavy atom. The van der Waals surface area contributed by atoms with Crippen LogP contribution in [0.25, 0.3) is 5.32 Å².